The molecule has 134 valence electrons. The van der Waals surface area contributed by atoms with Crippen molar-refractivity contribution in [3.05, 3.63) is 59.7 Å². The van der Waals surface area contributed by atoms with E-state index >= 15 is 0 Å². The van der Waals surface area contributed by atoms with Gasteiger partial charge >= 0.3 is 0 Å². The number of rotatable bonds is 6. The Kier molecular flexibility index (Phi) is 6.31. The van der Waals surface area contributed by atoms with E-state index in [4.69, 9.17) is 9.47 Å². The first-order valence-electron chi connectivity index (χ1n) is 8.98. The lowest BCUT2D eigenvalue weighted by Gasteiger charge is -2.21. The fourth-order valence-electron chi connectivity index (χ4n) is 3.22. The van der Waals surface area contributed by atoms with Crippen molar-refractivity contribution in [1.82, 2.24) is 4.90 Å². The minimum atomic E-state index is -0.152. The molecule has 0 saturated carbocycles. The van der Waals surface area contributed by atoms with E-state index in [1.165, 1.54) is 0 Å². The SMILES string of the molecule is COc1cc(OCc2ccccc2)ccc1CN1CCC[C@H](O)CC1. The van der Waals surface area contributed by atoms with Gasteiger partial charge in [-0.3, -0.25) is 4.90 Å². The second kappa shape index (κ2) is 8.88. The number of nitrogens with zero attached hydrogens (tertiary/aromatic N) is 1. The van der Waals surface area contributed by atoms with E-state index in [1.807, 2.05) is 30.3 Å². The summed E-state index contributed by atoms with van der Waals surface area (Å²) >= 11 is 0. The standard InChI is InChI=1S/C21H27NO3/c1-24-21-14-20(25-16-17-6-3-2-4-7-17)10-9-18(21)15-22-12-5-8-19(23)11-13-22/h2-4,6-7,9-10,14,19,23H,5,8,11-13,15-16H2,1H3/t19-/m0/s1. The predicted octanol–water partition coefficient (Wildman–Crippen LogP) is 3.62. The summed E-state index contributed by atoms with van der Waals surface area (Å²) in [5, 5.41) is 9.80. The molecule has 25 heavy (non-hydrogen) atoms. The molecule has 0 unspecified atom stereocenters. The van der Waals surface area contributed by atoms with E-state index in [2.05, 4.69) is 23.1 Å². The third-order valence-corrected chi connectivity index (χ3v) is 4.69. The van der Waals surface area contributed by atoms with Gasteiger partial charge in [0.05, 0.1) is 13.2 Å². The molecule has 1 N–H and O–H groups in total. The van der Waals surface area contributed by atoms with Gasteiger partial charge < -0.3 is 14.6 Å². The molecule has 0 radical (unpaired) electrons. The van der Waals surface area contributed by atoms with Crippen LogP contribution < -0.4 is 9.47 Å². The first-order chi connectivity index (χ1) is 12.2. The first kappa shape index (κ1) is 17.8. The molecule has 0 spiro atoms. The summed E-state index contributed by atoms with van der Waals surface area (Å²) in [7, 11) is 1.70. The fourth-order valence-corrected chi connectivity index (χ4v) is 3.22. The van der Waals surface area contributed by atoms with E-state index in [9.17, 15) is 5.11 Å². The Morgan fingerprint density at radius 2 is 1.92 bits per heavy atom. The molecule has 2 aromatic carbocycles. The van der Waals surface area contributed by atoms with Gasteiger partial charge in [0.2, 0.25) is 0 Å². The van der Waals surface area contributed by atoms with Gasteiger partial charge in [-0.25, -0.2) is 0 Å². The van der Waals surface area contributed by atoms with Gasteiger partial charge in [0, 0.05) is 24.7 Å². The van der Waals surface area contributed by atoms with Crippen molar-refractivity contribution in [1.29, 1.82) is 0 Å². The Morgan fingerprint density at radius 1 is 1.08 bits per heavy atom. The van der Waals surface area contributed by atoms with E-state index in [0.29, 0.717) is 6.61 Å². The fraction of sp³-hybridized carbons (Fsp3) is 0.429. The van der Waals surface area contributed by atoms with E-state index in [0.717, 1.165) is 61.5 Å². The van der Waals surface area contributed by atoms with Crippen molar-refractivity contribution in [2.75, 3.05) is 20.2 Å². The van der Waals surface area contributed by atoms with Gasteiger partial charge in [0.25, 0.3) is 0 Å². The van der Waals surface area contributed by atoms with Crippen LogP contribution in [0.4, 0.5) is 0 Å². The number of aliphatic hydroxyl groups is 1. The molecule has 1 saturated heterocycles. The highest BCUT2D eigenvalue weighted by molar-refractivity contribution is 5.41. The second-order valence-corrected chi connectivity index (χ2v) is 6.61. The first-order valence-corrected chi connectivity index (χ1v) is 8.98. The molecule has 1 heterocycles. The van der Waals surface area contributed by atoms with E-state index in [1.54, 1.807) is 7.11 Å². The van der Waals surface area contributed by atoms with Crippen LogP contribution in [0.2, 0.25) is 0 Å². The minimum Gasteiger partial charge on any atom is -0.496 e. The highest BCUT2D eigenvalue weighted by Crippen LogP contribution is 2.27. The molecule has 0 aliphatic carbocycles. The molecular formula is C21H27NO3. The van der Waals surface area contributed by atoms with Crippen molar-refractivity contribution in [2.45, 2.75) is 38.5 Å². The number of aliphatic hydroxyl groups excluding tert-OH is 1. The Labute approximate surface area is 150 Å². The Bertz CT molecular complexity index is 659. The summed E-state index contributed by atoms with van der Waals surface area (Å²) in [4.78, 5) is 2.39. The number of hydrogen-bond donors (Lipinski definition) is 1. The molecule has 3 rings (SSSR count). The van der Waals surface area contributed by atoms with E-state index < -0.39 is 0 Å². The number of ether oxygens (including phenoxy) is 2. The lowest BCUT2D eigenvalue weighted by atomic mass is 10.1. The van der Waals surface area contributed by atoms with Crippen molar-refractivity contribution in [3.8, 4) is 11.5 Å². The highest BCUT2D eigenvalue weighted by atomic mass is 16.5. The monoisotopic (exact) mass is 341 g/mol. The summed E-state index contributed by atoms with van der Waals surface area (Å²) in [6.07, 6.45) is 2.64. The van der Waals surface area contributed by atoms with Crippen LogP contribution in [0, 0.1) is 0 Å². The molecule has 1 atom stereocenters. The molecular weight excluding hydrogens is 314 g/mol. The van der Waals surface area contributed by atoms with Crippen LogP contribution in [0.1, 0.15) is 30.4 Å². The molecule has 0 aromatic heterocycles. The Morgan fingerprint density at radius 3 is 2.72 bits per heavy atom. The maximum atomic E-state index is 9.80. The number of methoxy groups -OCH3 is 1. The van der Waals surface area contributed by atoms with Crippen molar-refractivity contribution in [3.63, 3.8) is 0 Å². The Balaban J connectivity index is 1.63. The molecule has 2 aromatic rings. The molecule has 1 aliphatic rings. The molecule has 0 amide bonds. The predicted molar refractivity (Wildman–Crippen MR) is 98.9 cm³/mol. The molecule has 4 heteroatoms. The zero-order valence-corrected chi connectivity index (χ0v) is 14.9. The van der Waals surface area contributed by atoms with Gasteiger partial charge in [-0.2, -0.15) is 0 Å². The van der Waals surface area contributed by atoms with Crippen LogP contribution in [-0.4, -0.2) is 36.3 Å². The lowest BCUT2D eigenvalue weighted by molar-refractivity contribution is 0.154. The minimum absolute atomic E-state index is 0.152. The van der Waals surface area contributed by atoms with Gasteiger partial charge in [0.1, 0.15) is 18.1 Å². The molecule has 1 aliphatic heterocycles. The third-order valence-electron chi connectivity index (χ3n) is 4.69. The molecule has 4 nitrogen and oxygen atoms in total. The largest absolute Gasteiger partial charge is 0.496 e. The maximum absolute atomic E-state index is 9.80. The van der Waals surface area contributed by atoms with E-state index in [-0.39, 0.29) is 6.10 Å². The number of likely N-dealkylation sites (tertiary alicyclic amines) is 1. The zero-order chi connectivity index (χ0) is 17.5. The van der Waals surface area contributed by atoms with Gasteiger partial charge in [-0.1, -0.05) is 36.4 Å². The second-order valence-electron chi connectivity index (χ2n) is 6.61. The average Bonchev–Trinajstić information content (AvgIpc) is 2.86. The molecule has 0 bridgehead atoms. The third kappa shape index (κ3) is 5.21. The van der Waals surface area contributed by atoms with Crippen LogP contribution in [0.15, 0.2) is 48.5 Å². The zero-order valence-electron chi connectivity index (χ0n) is 14.9. The van der Waals surface area contributed by atoms with Crippen LogP contribution in [0.25, 0.3) is 0 Å². The topological polar surface area (TPSA) is 41.9 Å². The van der Waals surface area contributed by atoms with Crippen LogP contribution >= 0.6 is 0 Å². The van der Waals surface area contributed by atoms with Crippen LogP contribution in [0.5, 0.6) is 11.5 Å². The number of hydrogen-bond acceptors (Lipinski definition) is 4. The summed E-state index contributed by atoms with van der Waals surface area (Å²) < 4.78 is 11.5. The smallest absolute Gasteiger partial charge is 0.127 e. The summed E-state index contributed by atoms with van der Waals surface area (Å²) in [6.45, 7) is 3.34. The number of benzene rings is 2. The van der Waals surface area contributed by atoms with Crippen LogP contribution in [-0.2, 0) is 13.2 Å². The van der Waals surface area contributed by atoms with Gasteiger partial charge in [-0.05, 0) is 37.4 Å². The van der Waals surface area contributed by atoms with Gasteiger partial charge in [-0.15, -0.1) is 0 Å². The summed E-state index contributed by atoms with van der Waals surface area (Å²) in [5.74, 6) is 1.67. The maximum Gasteiger partial charge on any atom is 0.127 e. The summed E-state index contributed by atoms with van der Waals surface area (Å²) in [6, 6.07) is 16.2. The lowest BCUT2D eigenvalue weighted by Crippen LogP contribution is -2.24. The highest BCUT2D eigenvalue weighted by Gasteiger charge is 2.16. The van der Waals surface area contributed by atoms with Gasteiger partial charge in [0.15, 0.2) is 0 Å². The average molecular weight is 341 g/mol. The quantitative estimate of drug-likeness (QED) is 0.871. The normalized spacial score (nSPS) is 18.6. The van der Waals surface area contributed by atoms with Crippen LogP contribution in [0.3, 0.4) is 0 Å². The molecule has 1 fully saturated rings. The van der Waals surface area contributed by atoms with Crippen molar-refractivity contribution in [2.24, 2.45) is 0 Å². The van der Waals surface area contributed by atoms with Crippen molar-refractivity contribution >= 4 is 0 Å². The summed E-state index contributed by atoms with van der Waals surface area (Å²) in [5.41, 5.74) is 2.31. The Hall–Kier alpha value is -2.04. The van der Waals surface area contributed by atoms with Crippen molar-refractivity contribution < 1.29 is 14.6 Å².